The van der Waals surface area contributed by atoms with Crippen molar-refractivity contribution in [2.24, 2.45) is 0 Å². The van der Waals surface area contributed by atoms with Crippen LogP contribution in [0.4, 0.5) is 0 Å². The molecule has 0 fully saturated rings. The summed E-state index contributed by atoms with van der Waals surface area (Å²) in [7, 11) is 1.67. The maximum atomic E-state index is 12.6. The predicted octanol–water partition coefficient (Wildman–Crippen LogP) is 4.72. The molecule has 0 atom stereocenters. The zero-order valence-corrected chi connectivity index (χ0v) is 13.8. The van der Waals surface area contributed by atoms with Gasteiger partial charge in [-0.05, 0) is 52.9 Å². The molecule has 0 spiro atoms. The summed E-state index contributed by atoms with van der Waals surface area (Å²) in [4.78, 5) is 12.6. The monoisotopic (exact) mass is 328 g/mol. The van der Waals surface area contributed by atoms with Gasteiger partial charge in [-0.15, -0.1) is 0 Å². The molecule has 0 N–H and O–H groups in total. The zero-order chi connectivity index (χ0) is 17.0. The van der Waals surface area contributed by atoms with Crippen LogP contribution >= 0.6 is 0 Å². The lowest BCUT2D eigenvalue weighted by Crippen LogP contribution is -2.15. The summed E-state index contributed by atoms with van der Waals surface area (Å²) in [5.41, 5.74) is 4.50. The second-order valence-corrected chi connectivity index (χ2v) is 6.43. The molecule has 0 unspecified atom stereocenters. The Morgan fingerprint density at radius 1 is 1.00 bits per heavy atom. The van der Waals surface area contributed by atoms with E-state index < -0.39 is 0 Å². The number of benzene rings is 3. The van der Waals surface area contributed by atoms with Gasteiger partial charge in [-0.3, -0.25) is 0 Å². The fourth-order valence-electron chi connectivity index (χ4n) is 3.93. The Balaban J connectivity index is 2.02. The summed E-state index contributed by atoms with van der Waals surface area (Å²) in [6.07, 6.45) is 1.55. The van der Waals surface area contributed by atoms with Gasteiger partial charge >= 0.3 is 5.63 Å². The van der Waals surface area contributed by atoms with E-state index in [9.17, 15) is 4.79 Å². The van der Waals surface area contributed by atoms with Gasteiger partial charge in [0, 0.05) is 16.5 Å². The Morgan fingerprint density at radius 3 is 2.76 bits per heavy atom. The van der Waals surface area contributed by atoms with Crippen LogP contribution < -0.4 is 10.4 Å². The average molecular weight is 328 g/mol. The summed E-state index contributed by atoms with van der Waals surface area (Å²) in [5.74, 6) is 0.799. The average Bonchev–Trinajstić information content (AvgIpc) is 2.66. The van der Waals surface area contributed by atoms with Gasteiger partial charge in [-0.1, -0.05) is 36.4 Å². The SMILES string of the molecule is COc1ccc2c(c1)-c1c(c(=O)oc3ccc4ccccc4c13)CC2. The molecule has 0 amide bonds. The Bertz CT molecular complexity index is 1200. The molecule has 4 aromatic rings. The first-order valence-corrected chi connectivity index (χ1v) is 8.41. The van der Waals surface area contributed by atoms with Crippen LogP contribution in [0.1, 0.15) is 11.1 Å². The van der Waals surface area contributed by atoms with Gasteiger partial charge < -0.3 is 9.15 Å². The van der Waals surface area contributed by atoms with Crippen LogP contribution in [-0.4, -0.2) is 7.11 Å². The largest absolute Gasteiger partial charge is 0.497 e. The number of ether oxygens (including phenoxy) is 1. The fraction of sp³-hybridized carbons (Fsp3) is 0.136. The molecule has 5 rings (SSSR count). The molecule has 1 heterocycles. The smallest absolute Gasteiger partial charge is 0.340 e. The molecule has 3 aromatic carbocycles. The van der Waals surface area contributed by atoms with Crippen molar-refractivity contribution < 1.29 is 9.15 Å². The summed E-state index contributed by atoms with van der Waals surface area (Å²) in [6, 6.07) is 18.2. The van der Waals surface area contributed by atoms with Crippen molar-refractivity contribution >= 4 is 21.7 Å². The molecule has 0 bridgehead atoms. The fourth-order valence-corrected chi connectivity index (χ4v) is 3.93. The molecule has 122 valence electrons. The third-order valence-electron chi connectivity index (χ3n) is 5.12. The van der Waals surface area contributed by atoms with Gasteiger partial charge in [0.2, 0.25) is 0 Å². The lowest BCUT2D eigenvalue weighted by molar-refractivity contribution is 0.415. The van der Waals surface area contributed by atoms with Crippen molar-refractivity contribution in [1.29, 1.82) is 0 Å². The number of hydrogen-bond acceptors (Lipinski definition) is 3. The van der Waals surface area contributed by atoms with Gasteiger partial charge in [0.1, 0.15) is 11.3 Å². The van der Waals surface area contributed by atoms with E-state index in [2.05, 4.69) is 18.2 Å². The molecule has 3 nitrogen and oxygen atoms in total. The molecule has 25 heavy (non-hydrogen) atoms. The summed E-state index contributed by atoms with van der Waals surface area (Å²) < 4.78 is 11.1. The van der Waals surface area contributed by atoms with E-state index in [-0.39, 0.29) is 5.63 Å². The maximum Gasteiger partial charge on any atom is 0.340 e. The highest BCUT2D eigenvalue weighted by molar-refractivity contribution is 6.13. The highest BCUT2D eigenvalue weighted by Crippen LogP contribution is 2.41. The van der Waals surface area contributed by atoms with E-state index in [0.29, 0.717) is 12.0 Å². The number of aryl methyl sites for hydroxylation is 1. The number of hydrogen-bond donors (Lipinski definition) is 0. The number of fused-ring (bicyclic) bond motifs is 7. The highest BCUT2D eigenvalue weighted by atomic mass is 16.5. The maximum absolute atomic E-state index is 12.6. The molecule has 0 saturated heterocycles. The van der Waals surface area contributed by atoms with Crippen LogP contribution in [0.25, 0.3) is 32.9 Å². The van der Waals surface area contributed by atoms with Gasteiger partial charge in [-0.2, -0.15) is 0 Å². The molecule has 1 aromatic heterocycles. The van der Waals surface area contributed by atoms with Gasteiger partial charge in [0.05, 0.1) is 7.11 Å². The Labute approximate surface area is 144 Å². The molecule has 0 aliphatic heterocycles. The molecule has 0 saturated carbocycles. The summed E-state index contributed by atoms with van der Waals surface area (Å²) in [5, 5.41) is 3.26. The van der Waals surface area contributed by atoms with Crippen LogP contribution in [0.5, 0.6) is 5.75 Å². The third-order valence-corrected chi connectivity index (χ3v) is 5.12. The molecular formula is C22H16O3. The van der Waals surface area contributed by atoms with E-state index in [0.717, 1.165) is 45.0 Å². The van der Waals surface area contributed by atoms with Crippen molar-refractivity contribution in [3.05, 3.63) is 76.1 Å². The van der Waals surface area contributed by atoms with Crippen molar-refractivity contribution in [3.63, 3.8) is 0 Å². The van der Waals surface area contributed by atoms with Crippen LogP contribution in [0, 0.1) is 0 Å². The second-order valence-electron chi connectivity index (χ2n) is 6.43. The quantitative estimate of drug-likeness (QED) is 0.375. The first-order chi connectivity index (χ1) is 12.3. The standard InChI is InChI=1S/C22H16O3/c1-24-15-9-6-14-7-10-17-20(18(14)12-15)21-16-5-3-2-4-13(16)8-11-19(21)25-22(17)23/h2-6,8-9,11-12H,7,10H2,1H3. The Kier molecular flexibility index (Phi) is 2.98. The van der Waals surface area contributed by atoms with Crippen molar-refractivity contribution in [2.75, 3.05) is 7.11 Å². The molecule has 0 radical (unpaired) electrons. The van der Waals surface area contributed by atoms with Crippen LogP contribution in [-0.2, 0) is 12.8 Å². The third kappa shape index (κ3) is 2.02. The first kappa shape index (κ1) is 14.3. The zero-order valence-electron chi connectivity index (χ0n) is 13.8. The lowest BCUT2D eigenvalue weighted by atomic mass is 9.83. The second kappa shape index (κ2) is 5.21. The van der Waals surface area contributed by atoms with Gasteiger partial charge in [0.15, 0.2) is 0 Å². The van der Waals surface area contributed by atoms with Gasteiger partial charge in [-0.25, -0.2) is 4.79 Å². The minimum atomic E-state index is -0.230. The van der Waals surface area contributed by atoms with Gasteiger partial charge in [0.25, 0.3) is 0 Å². The predicted molar refractivity (Wildman–Crippen MR) is 99.4 cm³/mol. The van der Waals surface area contributed by atoms with E-state index in [1.165, 1.54) is 5.56 Å². The minimum Gasteiger partial charge on any atom is -0.497 e. The van der Waals surface area contributed by atoms with E-state index in [1.807, 2.05) is 36.4 Å². The van der Waals surface area contributed by atoms with Crippen LogP contribution in [0.3, 0.4) is 0 Å². The number of rotatable bonds is 1. The highest BCUT2D eigenvalue weighted by Gasteiger charge is 2.24. The lowest BCUT2D eigenvalue weighted by Gasteiger charge is -2.21. The normalized spacial score (nSPS) is 12.8. The molecule has 1 aliphatic carbocycles. The van der Waals surface area contributed by atoms with E-state index in [1.54, 1.807) is 7.11 Å². The summed E-state index contributed by atoms with van der Waals surface area (Å²) >= 11 is 0. The Hall–Kier alpha value is -3.07. The number of methoxy groups -OCH3 is 1. The van der Waals surface area contributed by atoms with Crippen LogP contribution in [0.2, 0.25) is 0 Å². The van der Waals surface area contributed by atoms with Crippen molar-refractivity contribution in [3.8, 4) is 16.9 Å². The van der Waals surface area contributed by atoms with Crippen LogP contribution in [0.15, 0.2) is 63.8 Å². The topological polar surface area (TPSA) is 39.4 Å². The van der Waals surface area contributed by atoms with E-state index >= 15 is 0 Å². The van der Waals surface area contributed by atoms with Crippen molar-refractivity contribution in [1.82, 2.24) is 0 Å². The summed E-state index contributed by atoms with van der Waals surface area (Å²) in [6.45, 7) is 0. The van der Waals surface area contributed by atoms with E-state index in [4.69, 9.17) is 9.15 Å². The molecule has 3 heteroatoms. The molecular weight excluding hydrogens is 312 g/mol. The first-order valence-electron chi connectivity index (χ1n) is 8.41. The van der Waals surface area contributed by atoms with Crippen molar-refractivity contribution in [2.45, 2.75) is 12.8 Å². The molecule has 1 aliphatic rings. The Morgan fingerprint density at radius 2 is 1.88 bits per heavy atom. The minimum absolute atomic E-state index is 0.230.